The van der Waals surface area contributed by atoms with E-state index in [9.17, 15) is 4.79 Å². The molecule has 2 heterocycles. The second-order valence-electron chi connectivity index (χ2n) is 5.17. The van der Waals surface area contributed by atoms with E-state index in [4.69, 9.17) is 4.74 Å². The Bertz CT molecular complexity index is 434. The molecule has 1 unspecified atom stereocenters. The van der Waals surface area contributed by atoms with Gasteiger partial charge in [-0.25, -0.2) is 9.78 Å². The Morgan fingerprint density at radius 3 is 3.25 bits per heavy atom. The number of likely N-dealkylation sites (tertiary alicyclic amines) is 1. The molecule has 2 rings (SSSR count). The first kappa shape index (κ1) is 15.4. The smallest absolute Gasteiger partial charge is 0.367 e. The van der Waals surface area contributed by atoms with Crippen molar-refractivity contribution in [3.63, 3.8) is 0 Å². The van der Waals surface area contributed by atoms with Crippen molar-refractivity contribution >= 4 is 17.3 Å². The van der Waals surface area contributed by atoms with Crippen molar-refractivity contribution in [1.82, 2.24) is 15.2 Å². The molecule has 1 aromatic rings. The molecule has 1 atom stereocenters. The molecule has 0 aromatic carbocycles. The molecule has 0 spiro atoms. The lowest BCUT2D eigenvalue weighted by Gasteiger charge is -2.32. The molecule has 1 aromatic heterocycles. The first-order chi connectivity index (χ1) is 9.72. The highest BCUT2D eigenvalue weighted by Gasteiger charge is 2.20. The Labute approximate surface area is 124 Å². The zero-order valence-corrected chi connectivity index (χ0v) is 13.0. The fourth-order valence-electron chi connectivity index (χ4n) is 2.65. The Balaban J connectivity index is 1.88. The standard InChI is InChI=1S/C14H23N3O2S/c1-3-19-14(18)13-16-12(10-20-13)9-17-6-4-5-11(8-17)7-15-2/h10-11,15H,3-9H2,1-2H3. The van der Waals surface area contributed by atoms with E-state index >= 15 is 0 Å². The number of piperidine rings is 1. The van der Waals surface area contributed by atoms with E-state index in [0.29, 0.717) is 11.6 Å². The monoisotopic (exact) mass is 297 g/mol. The fourth-order valence-corrected chi connectivity index (χ4v) is 3.35. The van der Waals surface area contributed by atoms with Gasteiger partial charge in [0.1, 0.15) is 0 Å². The van der Waals surface area contributed by atoms with Gasteiger partial charge in [0.25, 0.3) is 0 Å². The number of carbonyl (C=O) groups is 1. The topological polar surface area (TPSA) is 54.5 Å². The lowest BCUT2D eigenvalue weighted by atomic mass is 9.98. The van der Waals surface area contributed by atoms with Crippen molar-refractivity contribution in [1.29, 1.82) is 0 Å². The molecule has 1 saturated heterocycles. The lowest BCUT2D eigenvalue weighted by molar-refractivity contribution is 0.0525. The van der Waals surface area contributed by atoms with E-state index in [1.807, 2.05) is 19.4 Å². The van der Waals surface area contributed by atoms with Crippen LogP contribution in [0.15, 0.2) is 5.38 Å². The van der Waals surface area contributed by atoms with Gasteiger partial charge in [-0.15, -0.1) is 11.3 Å². The van der Waals surface area contributed by atoms with Gasteiger partial charge in [0.2, 0.25) is 5.01 Å². The number of thiazole rings is 1. The van der Waals surface area contributed by atoms with E-state index < -0.39 is 0 Å². The second kappa shape index (κ2) is 7.71. The van der Waals surface area contributed by atoms with E-state index in [2.05, 4.69) is 15.2 Å². The number of nitrogens with zero attached hydrogens (tertiary/aromatic N) is 2. The SMILES string of the molecule is CCOC(=O)c1nc(CN2CCCC(CNC)C2)cs1. The summed E-state index contributed by atoms with van der Waals surface area (Å²) in [4.78, 5) is 18.4. The Hall–Kier alpha value is -0.980. The normalized spacial score (nSPS) is 20.0. The van der Waals surface area contributed by atoms with Crippen LogP contribution in [-0.2, 0) is 11.3 Å². The van der Waals surface area contributed by atoms with Crippen LogP contribution < -0.4 is 5.32 Å². The second-order valence-corrected chi connectivity index (χ2v) is 6.02. The minimum Gasteiger partial charge on any atom is -0.461 e. The number of hydrogen-bond donors (Lipinski definition) is 1. The van der Waals surface area contributed by atoms with Crippen LogP contribution in [0.3, 0.4) is 0 Å². The first-order valence-corrected chi connectivity index (χ1v) is 8.09. The zero-order valence-electron chi connectivity index (χ0n) is 12.2. The minimum atomic E-state index is -0.310. The summed E-state index contributed by atoms with van der Waals surface area (Å²) < 4.78 is 4.97. The van der Waals surface area contributed by atoms with Crippen LogP contribution in [0.25, 0.3) is 0 Å². The lowest BCUT2D eigenvalue weighted by Crippen LogP contribution is -2.38. The van der Waals surface area contributed by atoms with E-state index in [1.54, 1.807) is 0 Å². The van der Waals surface area contributed by atoms with Crippen molar-refractivity contribution in [2.24, 2.45) is 5.92 Å². The summed E-state index contributed by atoms with van der Waals surface area (Å²) in [6.45, 7) is 6.32. The first-order valence-electron chi connectivity index (χ1n) is 7.21. The highest BCUT2D eigenvalue weighted by Crippen LogP contribution is 2.19. The van der Waals surface area contributed by atoms with Crippen molar-refractivity contribution in [3.8, 4) is 0 Å². The van der Waals surface area contributed by atoms with Crippen LogP contribution in [-0.4, -0.2) is 49.1 Å². The third kappa shape index (κ3) is 4.26. The molecule has 1 aliphatic rings. The van der Waals surface area contributed by atoms with Gasteiger partial charge in [0.15, 0.2) is 0 Å². The van der Waals surface area contributed by atoms with Gasteiger partial charge >= 0.3 is 5.97 Å². The largest absolute Gasteiger partial charge is 0.461 e. The maximum Gasteiger partial charge on any atom is 0.367 e. The number of nitrogens with one attached hydrogen (secondary N) is 1. The highest BCUT2D eigenvalue weighted by molar-refractivity contribution is 7.11. The van der Waals surface area contributed by atoms with E-state index in [0.717, 1.165) is 37.8 Å². The van der Waals surface area contributed by atoms with Crippen molar-refractivity contribution in [3.05, 3.63) is 16.1 Å². The summed E-state index contributed by atoms with van der Waals surface area (Å²) in [7, 11) is 2.00. The summed E-state index contributed by atoms with van der Waals surface area (Å²) in [6.07, 6.45) is 2.53. The predicted octanol–water partition coefficient (Wildman–Crippen LogP) is 1.75. The van der Waals surface area contributed by atoms with E-state index in [-0.39, 0.29) is 5.97 Å². The van der Waals surface area contributed by atoms with Gasteiger partial charge in [-0.2, -0.15) is 0 Å². The minimum absolute atomic E-state index is 0.310. The Morgan fingerprint density at radius 1 is 1.65 bits per heavy atom. The molecule has 112 valence electrons. The van der Waals surface area contributed by atoms with Gasteiger partial charge in [0.05, 0.1) is 12.3 Å². The van der Waals surface area contributed by atoms with Gasteiger partial charge in [0, 0.05) is 18.5 Å². The third-order valence-electron chi connectivity index (χ3n) is 3.48. The molecule has 1 fully saturated rings. The molecule has 0 bridgehead atoms. The molecule has 20 heavy (non-hydrogen) atoms. The Morgan fingerprint density at radius 2 is 2.50 bits per heavy atom. The average molecular weight is 297 g/mol. The molecule has 0 aliphatic carbocycles. The Kier molecular flexibility index (Phi) is 5.94. The molecule has 0 saturated carbocycles. The highest BCUT2D eigenvalue weighted by atomic mass is 32.1. The number of rotatable bonds is 6. The molecule has 5 nitrogen and oxygen atoms in total. The predicted molar refractivity (Wildman–Crippen MR) is 80.0 cm³/mol. The third-order valence-corrected chi connectivity index (χ3v) is 4.35. The van der Waals surface area contributed by atoms with Crippen LogP contribution in [0.1, 0.15) is 35.3 Å². The van der Waals surface area contributed by atoms with Crippen molar-refractivity contribution in [2.45, 2.75) is 26.3 Å². The summed E-state index contributed by atoms with van der Waals surface area (Å²) >= 11 is 1.37. The van der Waals surface area contributed by atoms with Gasteiger partial charge in [-0.3, -0.25) is 4.90 Å². The summed E-state index contributed by atoms with van der Waals surface area (Å²) in [5, 5.41) is 5.68. The van der Waals surface area contributed by atoms with Gasteiger partial charge in [-0.05, 0) is 45.8 Å². The van der Waals surface area contributed by atoms with Crippen LogP contribution in [0, 0.1) is 5.92 Å². The van der Waals surface area contributed by atoms with E-state index in [1.165, 1.54) is 24.2 Å². The number of carbonyl (C=O) groups excluding carboxylic acids is 1. The van der Waals surface area contributed by atoms with Crippen molar-refractivity contribution in [2.75, 3.05) is 33.3 Å². The maximum absolute atomic E-state index is 11.6. The van der Waals surface area contributed by atoms with Gasteiger partial charge < -0.3 is 10.1 Å². The average Bonchev–Trinajstić information content (AvgIpc) is 2.88. The molecule has 1 N–H and O–H groups in total. The number of esters is 1. The summed E-state index contributed by atoms with van der Waals surface area (Å²) in [6, 6.07) is 0. The number of hydrogen-bond acceptors (Lipinski definition) is 6. The number of ether oxygens (including phenoxy) is 1. The maximum atomic E-state index is 11.6. The quantitative estimate of drug-likeness (QED) is 0.811. The molecule has 1 aliphatic heterocycles. The zero-order chi connectivity index (χ0) is 14.4. The van der Waals surface area contributed by atoms with Crippen LogP contribution in [0.5, 0.6) is 0 Å². The molecular formula is C14H23N3O2S. The van der Waals surface area contributed by atoms with Crippen LogP contribution >= 0.6 is 11.3 Å². The van der Waals surface area contributed by atoms with Crippen molar-refractivity contribution < 1.29 is 9.53 Å². The number of aromatic nitrogens is 1. The van der Waals surface area contributed by atoms with Crippen LogP contribution in [0.4, 0.5) is 0 Å². The summed E-state index contributed by atoms with van der Waals surface area (Å²) in [5.74, 6) is 0.410. The fraction of sp³-hybridized carbons (Fsp3) is 0.714. The summed E-state index contributed by atoms with van der Waals surface area (Å²) in [5.41, 5.74) is 0.975. The molecular weight excluding hydrogens is 274 g/mol. The molecule has 6 heteroatoms. The van der Waals surface area contributed by atoms with Gasteiger partial charge in [-0.1, -0.05) is 0 Å². The molecule has 0 radical (unpaired) electrons. The van der Waals surface area contributed by atoms with Crippen LogP contribution in [0.2, 0.25) is 0 Å². The molecule has 0 amide bonds.